The number of likely N-dealkylation sites (tertiary alicyclic amines) is 1. The van der Waals surface area contributed by atoms with Gasteiger partial charge in [0.2, 0.25) is 10.0 Å². The molecule has 10 heteroatoms. The number of nitrogens with one attached hydrogen (secondary N) is 1. The van der Waals surface area contributed by atoms with E-state index < -0.39 is 10.0 Å². The fourth-order valence-corrected chi connectivity index (χ4v) is 5.58. The van der Waals surface area contributed by atoms with E-state index in [9.17, 15) is 12.8 Å². The Hall–Kier alpha value is -1.97. The highest BCUT2D eigenvalue weighted by Crippen LogP contribution is 2.23. The number of hydrogen-bond acceptors (Lipinski definition) is 5. The number of fused-ring (bicyclic) bond motifs is 1. The molecule has 3 aromatic rings. The molecule has 0 atom stereocenters. The number of benzene rings is 2. The van der Waals surface area contributed by atoms with Crippen LogP contribution in [0.5, 0.6) is 5.75 Å². The van der Waals surface area contributed by atoms with Crippen LogP contribution in [-0.4, -0.2) is 50.6 Å². The number of piperidine rings is 1. The van der Waals surface area contributed by atoms with E-state index in [2.05, 4.69) is 14.6 Å². The monoisotopic (exact) mass is 529 g/mol. The summed E-state index contributed by atoms with van der Waals surface area (Å²) in [5.41, 5.74) is 0. The number of nitrogens with zero attached hydrogens (tertiary/aromatic N) is 2. The number of unbranched alkanes of at least 4 members (excludes halogenated alkanes) is 1. The van der Waals surface area contributed by atoms with Crippen LogP contribution in [0.25, 0.3) is 10.8 Å². The largest absolute Gasteiger partial charge is 0.494 e. The van der Waals surface area contributed by atoms with Crippen LogP contribution >= 0.6 is 24.8 Å². The first-order chi connectivity index (χ1) is 15.5. The molecule has 1 N–H and O–H groups in total. The summed E-state index contributed by atoms with van der Waals surface area (Å²) < 4.78 is 47.4. The maximum absolute atomic E-state index is 13.0. The molecule has 1 aliphatic rings. The highest BCUT2D eigenvalue weighted by Gasteiger charge is 2.25. The lowest BCUT2D eigenvalue weighted by atomic mass is 10.1. The Morgan fingerprint density at radius 2 is 1.76 bits per heavy atom. The second-order valence-electron chi connectivity index (χ2n) is 8.10. The Kier molecular flexibility index (Phi) is 11.0. The number of ether oxygens (including phenoxy) is 1. The van der Waals surface area contributed by atoms with Gasteiger partial charge in [-0.1, -0.05) is 12.1 Å². The molecule has 1 saturated heterocycles. The van der Waals surface area contributed by atoms with Crippen LogP contribution in [0, 0.1) is 5.82 Å². The topological polar surface area (TPSA) is 71.5 Å². The van der Waals surface area contributed by atoms with E-state index in [-0.39, 0.29) is 36.7 Å². The van der Waals surface area contributed by atoms with Crippen molar-refractivity contribution in [1.82, 2.24) is 14.6 Å². The molecule has 1 fully saturated rings. The minimum atomic E-state index is -3.59. The fourth-order valence-electron chi connectivity index (χ4n) is 4.04. The maximum atomic E-state index is 13.0. The van der Waals surface area contributed by atoms with Crippen molar-refractivity contribution in [1.29, 1.82) is 0 Å². The van der Waals surface area contributed by atoms with Gasteiger partial charge in [-0.25, -0.2) is 17.5 Å². The van der Waals surface area contributed by atoms with Crippen LogP contribution in [0.3, 0.4) is 0 Å². The van der Waals surface area contributed by atoms with Crippen molar-refractivity contribution >= 4 is 45.6 Å². The molecule has 0 unspecified atom stereocenters. The highest BCUT2D eigenvalue weighted by atomic mass is 35.5. The van der Waals surface area contributed by atoms with E-state index in [0.717, 1.165) is 50.7 Å². The van der Waals surface area contributed by atoms with Gasteiger partial charge >= 0.3 is 0 Å². The molecule has 1 aliphatic heterocycles. The highest BCUT2D eigenvalue weighted by molar-refractivity contribution is 7.89. The predicted molar refractivity (Wildman–Crippen MR) is 137 cm³/mol. The molecule has 0 bridgehead atoms. The van der Waals surface area contributed by atoms with Crippen LogP contribution in [0.4, 0.5) is 4.39 Å². The van der Waals surface area contributed by atoms with Gasteiger partial charge in [0, 0.05) is 29.2 Å². The summed E-state index contributed by atoms with van der Waals surface area (Å²) in [7, 11) is -3.59. The van der Waals surface area contributed by atoms with Crippen LogP contribution < -0.4 is 9.46 Å². The summed E-state index contributed by atoms with van der Waals surface area (Å²) in [6, 6.07) is 13.0. The van der Waals surface area contributed by atoms with Gasteiger partial charge in [-0.15, -0.1) is 24.8 Å². The third kappa shape index (κ3) is 7.52. The molecule has 34 heavy (non-hydrogen) atoms. The summed E-state index contributed by atoms with van der Waals surface area (Å²) in [6.07, 6.45) is 6.79. The van der Waals surface area contributed by atoms with E-state index in [1.807, 2.05) is 6.07 Å². The van der Waals surface area contributed by atoms with Crippen LogP contribution in [0.2, 0.25) is 0 Å². The van der Waals surface area contributed by atoms with Crippen molar-refractivity contribution in [2.75, 3.05) is 26.2 Å². The van der Waals surface area contributed by atoms with Crippen LogP contribution in [0.15, 0.2) is 65.8 Å². The van der Waals surface area contributed by atoms with Crippen molar-refractivity contribution in [2.45, 2.75) is 36.6 Å². The molecule has 0 amide bonds. The number of sulfonamides is 1. The average molecular weight is 530 g/mol. The summed E-state index contributed by atoms with van der Waals surface area (Å²) in [5.74, 6) is 0.416. The first-order valence-corrected chi connectivity index (χ1v) is 12.5. The zero-order valence-electron chi connectivity index (χ0n) is 18.7. The number of aromatic nitrogens is 1. The van der Waals surface area contributed by atoms with Crippen molar-refractivity contribution in [3.63, 3.8) is 0 Å². The van der Waals surface area contributed by atoms with Crippen molar-refractivity contribution in [3.8, 4) is 5.75 Å². The standard InChI is InChI=1S/C24H28FN3O3S.2ClH/c25-20-6-8-22(9-7-20)31-17-2-1-14-28-15-11-21(12-16-28)27-32(29,30)24-5-3-4-19-18-26-13-10-23(19)24;;/h3-10,13,18,21,27H,1-2,11-12,14-17H2;2*1H. The van der Waals surface area contributed by atoms with Gasteiger partial charge in [-0.05, 0) is 81.7 Å². The number of rotatable bonds is 9. The van der Waals surface area contributed by atoms with Crippen molar-refractivity contribution in [2.24, 2.45) is 0 Å². The quantitative estimate of drug-likeness (QED) is 0.402. The molecular weight excluding hydrogens is 500 g/mol. The second-order valence-corrected chi connectivity index (χ2v) is 9.78. The lowest BCUT2D eigenvalue weighted by Crippen LogP contribution is -2.44. The van der Waals surface area contributed by atoms with Crippen molar-refractivity contribution < 1.29 is 17.5 Å². The Morgan fingerprint density at radius 1 is 1.03 bits per heavy atom. The van der Waals surface area contributed by atoms with E-state index in [1.165, 1.54) is 12.1 Å². The van der Waals surface area contributed by atoms with Gasteiger partial charge in [0.1, 0.15) is 11.6 Å². The smallest absolute Gasteiger partial charge is 0.241 e. The van der Waals surface area contributed by atoms with Gasteiger partial charge in [0.25, 0.3) is 0 Å². The normalized spacial score (nSPS) is 14.9. The molecule has 0 radical (unpaired) electrons. The van der Waals surface area contributed by atoms with E-state index in [0.29, 0.717) is 22.6 Å². The molecule has 2 aromatic carbocycles. The number of hydrogen-bond donors (Lipinski definition) is 1. The van der Waals surface area contributed by atoms with Gasteiger partial charge in [0.05, 0.1) is 11.5 Å². The molecule has 0 spiro atoms. The third-order valence-corrected chi connectivity index (χ3v) is 7.37. The number of pyridine rings is 1. The van der Waals surface area contributed by atoms with Gasteiger partial charge in [-0.3, -0.25) is 4.98 Å². The molecule has 6 nitrogen and oxygen atoms in total. The lowest BCUT2D eigenvalue weighted by Gasteiger charge is -2.32. The first kappa shape index (κ1) is 28.3. The van der Waals surface area contributed by atoms with Crippen molar-refractivity contribution in [3.05, 3.63) is 66.7 Å². The lowest BCUT2D eigenvalue weighted by molar-refractivity contribution is 0.198. The second kappa shape index (κ2) is 13.2. The summed E-state index contributed by atoms with van der Waals surface area (Å²) in [4.78, 5) is 6.75. The molecule has 2 heterocycles. The van der Waals surface area contributed by atoms with Crippen LogP contribution in [0.1, 0.15) is 25.7 Å². The Bertz CT molecular complexity index is 1140. The molecule has 4 rings (SSSR count). The molecule has 0 aliphatic carbocycles. The average Bonchev–Trinajstić information content (AvgIpc) is 2.80. The van der Waals surface area contributed by atoms with E-state index in [1.54, 1.807) is 42.7 Å². The Morgan fingerprint density at radius 3 is 2.50 bits per heavy atom. The predicted octanol–water partition coefficient (Wildman–Crippen LogP) is 4.82. The number of halogens is 3. The minimum Gasteiger partial charge on any atom is -0.494 e. The molecular formula is C24H30Cl2FN3O3S. The zero-order valence-corrected chi connectivity index (χ0v) is 21.2. The molecule has 186 valence electrons. The SMILES string of the molecule is Cl.Cl.O=S(=O)(NC1CCN(CCCCOc2ccc(F)cc2)CC1)c1cccc2cnccc12. The Balaban J connectivity index is 0.00000204. The van der Waals surface area contributed by atoms with Gasteiger partial charge < -0.3 is 9.64 Å². The summed E-state index contributed by atoms with van der Waals surface area (Å²) >= 11 is 0. The van der Waals surface area contributed by atoms with Crippen LogP contribution in [-0.2, 0) is 10.0 Å². The summed E-state index contributed by atoms with van der Waals surface area (Å²) in [5, 5.41) is 1.50. The molecule has 0 saturated carbocycles. The maximum Gasteiger partial charge on any atom is 0.241 e. The summed E-state index contributed by atoms with van der Waals surface area (Å²) in [6.45, 7) is 3.29. The Labute approximate surface area is 212 Å². The molecule has 1 aromatic heterocycles. The zero-order chi connectivity index (χ0) is 22.4. The van der Waals surface area contributed by atoms with Gasteiger partial charge in [-0.2, -0.15) is 0 Å². The first-order valence-electron chi connectivity index (χ1n) is 11.0. The third-order valence-electron chi connectivity index (χ3n) is 5.79. The fraction of sp³-hybridized carbons (Fsp3) is 0.375. The van der Waals surface area contributed by atoms with Gasteiger partial charge in [0.15, 0.2) is 0 Å². The van der Waals surface area contributed by atoms with E-state index >= 15 is 0 Å². The minimum absolute atomic E-state index is 0. The van der Waals surface area contributed by atoms with E-state index in [4.69, 9.17) is 4.74 Å².